The molecule has 1 fully saturated rings. The Morgan fingerprint density at radius 1 is 1.19 bits per heavy atom. The summed E-state index contributed by atoms with van der Waals surface area (Å²) < 4.78 is 1.44. The van der Waals surface area contributed by atoms with Gasteiger partial charge in [-0.15, -0.1) is 5.10 Å². The molecule has 0 aliphatic carbocycles. The van der Waals surface area contributed by atoms with Gasteiger partial charge in [0.25, 0.3) is 5.91 Å². The molecule has 8 nitrogen and oxygen atoms in total. The molecule has 8 heteroatoms. The van der Waals surface area contributed by atoms with Gasteiger partial charge in [0.2, 0.25) is 0 Å². The van der Waals surface area contributed by atoms with Gasteiger partial charge in [-0.05, 0) is 65.4 Å². The minimum atomic E-state index is -0.0957. The summed E-state index contributed by atoms with van der Waals surface area (Å²) in [5.41, 5.74) is 3.26. The van der Waals surface area contributed by atoms with E-state index in [0.29, 0.717) is 17.3 Å². The number of pyridine rings is 1. The molecule has 1 aliphatic heterocycles. The number of hydrogen-bond acceptors (Lipinski definition) is 6. The fraction of sp³-hybridized carbons (Fsp3) is 0.435. The molecule has 2 aromatic heterocycles. The number of likely N-dealkylation sites (tertiary alicyclic amines) is 1. The van der Waals surface area contributed by atoms with Crippen molar-refractivity contribution in [3.8, 4) is 5.82 Å². The van der Waals surface area contributed by atoms with Crippen molar-refractivity contribution in [2.45, 2.75) is 45.7 Å². The van der Waals surface area contributed by atoms with E-state index in [0.717, 1.165) is 38.9 Å². The van der Waals surface area contributed by atoms with Crippen LogP contribution in [0.1, 0.15) is 48.2 Å². The first-order valence-corrected chi connectivity index (χ1v) is 10.9. The van der Waals surface area contributed by atoms with Crippen molar-refractivity contribution in [2.75, 3.05) is 13.1 Å². The first kappa shape index (κ1) is 21.1. The van der Waals surface area contributed by atoms with Gasteiger partial charge in [-0.2, -0.15) is 4.68 Å². The lowest BCUT2D eigenvalue weighted by Gasteiger charge is -2.33. The molecular weight excluding hydrogens is 390 g/mol. The predicted molar refractivity (Wildman–Crippen MR) is 118 cm³/mol. The topological polar surface area (TPSA) is 88.8 Å². The molecule has 1 N–H and O–H groups in total. The fourth-order valence-corrected chi connectivity index (χ4v) is 4.05. The molecule has 3 heterocycles. The Morgan fingerprint density at radius 3 is 2.74 bits per heavy atom. The molecular formula is C23H29N7O. The maximum atomic E-state index is 12.8. The molecule has 0 unspecified atom stereocenters. The summed E-state index contributed by atoms with van der Waals surface area (Å²) in [5, 5.41) is 14.2. The Kier molecular flexibility index (Phi) is 6.66. The van der Waals surface area contributed by atoms with E-state index in [4.69, 9.17) is 0 Å². The molecule has 1 aromatic carbocycles. The highest BCUT2D eigenvalue weighted by molar-refractivity contribution is 5.94. The number of aromatic nitrogens is 5. The molecule has 1 atom stereocenters. The number of amides is 1. The number of tetrazole rings is 1. The zero-order valence-corrected chi connectivity index (χ0v) is 18.1. The van der Waals surface area contributed by atoms with Crippen molar-refractivity contribution >= 4 is 5.91 Å². The number of carbonyl (C=O) groups is 1. The summed E-state index contributed by atoms with van der Waals surface area (Å²) in [4.78, 5) is 19.5. The highest BCUT2D eigenvalue weighted by Gasteiger charge is 2.22. The summed E-state index contributed by atoms with van der Waals surface area (Å²) in [6.45, 7) is 7.31. The van der Waals surface area contributed by atoms with Gasteiger partial charge in [0.05, 0.1) is 0 Å². The lowest BCUT2D eigenvalue weighted by Crippen LogP contribution is -2.47. The van der Waals surface area contributed by atoms with Crippen LogP contribution in [-0.2, 0) is 13.0 Å². The Bertz CT molecular complexity index is 985. The van der Waals surface area contributed by atoms with Crippen LogP contribution >= 0.6 is 0 Å². The van der Waals surface area contributed by atoms with Crippen LogP contribution in [0.4, 0.5) is 0 Å². The van der Waals surface area contributed by atoms with E-state index in [1.165, 1.54) is 22.1 Å². The molecule has 0 saturated carbocycles. The van der Waals surface area contributed by atoms with Gasteiger partial charge in [0.1, 0.15) is 6.33 Å². The second-order valence-corrected chi connectivity index (χ2v) is 8.62. The Hall–Kier alpha value is -3.13. The third-order valence-corrected chi connectivity index (χ3v) is 5.51. The quantitative estimate of drug-likeness (QED) is 0.633. The third kappa shape index (κ3) is 5.73. The van der Waals surface area contributed by atoms with E-state index in [1.54, 1.807) is 18.3 Å². The van der Waals surface area contributed by atoms with Crippen LogP contribution in [-0.4, -0.2) is 55.1 Å². The average Bonchev–Trinajstić information content (AvgIpc) is 3.30. The summed E-state index contributed by atoms with van der Waals surface area (Å²) in [7, 11) is 0. The molecule has 3 aromatic rings. The summed E-state index contributed by atoms with van der Waals surface area (Å²) in [5.74, 6) is 1.09. The van der Waals surface area contributed by atoms with E-state index in [9.17, 15) is 4.79 Å². The zero-order chi connectivity index (χ0) is 21.6. The van der Waals surface area contributed by atoms with E-state index in [-0.39, 0.29) is 11.9 Å². The first-order chi connectivity index (χ1) is 15.1. The van der Waals surface area contributed by atoms with Crippen LogP contribution in [0.3, 0.4) is 0 Å². The van der Waals surface area contributed by atoms with Crippen LogP contribution < -0.4 is 5.32 Å². The molecule has 1 amide bonds. The van der Waals surface area contributed by atoms with Crippen LogP contribution in [0, 0.1) is 5.92 Å². The Labute approximate surface area is 182 Å². The number of hydrogen-bond donors (Lipinski definition) is 1. The number of nitrogens with zero attached hydrogens (tertiary/aromatic N) is 6. The summed E-state index contributed by atoms with van der Waals surface area (Å²) in [6, 6.07) is 12.5. The average molecular weight is 420 g/mol. The van der Waals surface area contributed by atoms with Gasteiger partial charge in [0.15, 0.2) is 5.82 Å². The molecule has 0 spiro atoms. The van der Waals surface area contributed by atoms with Crippen LogP contribution in [0.5, 0.6) is 0 Å². The highest BCUT2D eigenvalue weighted by atomic mass is 16.1. The van der Waals surface area contributed by atoms with E-state index in [2.05, 4.69) is 68.8 Å². The van der Waals surface area contributed by atoms with E-state index < -0.39 is 0 Å². The van der Waals surface area contributed by atoms with Crippen molar-refractivity contribution in [2.24, 2.45) is 5.92 Å². The third-order valence-electron chi connectivity index (χ3n) is 5.51. The molecule has 0 radical (unpaired) electrons. The number of benzene rings is 1. The fourth-order valence-electron chi connectivity index (χ4n) is 4.05. The smallest absolute Gasteiger partial charge is 0.251 e. The van der Waals surface area contributed by atoms with Gasteiger partial charge in [0, 0.05) is 30.9 Å². The van der Waals surface area contributed by atoms with Crippen molar-refractivity contribution in [1.82, 2.24) is 35.4 Å². The largest absolute Gasteiger partial charge is 0.348 e. The Balaban J connectivity index is 1.33. The van der Waals surface area contributed by atoms with E-state index in [1.807, 2.05) is 0 Å². The molecule has 1 aliphatic rings. The zero-order valence-electron chi connectivity index (χ0n) is 18.1. The maximum Gasteiger partial charge on any atom is 0.251 e. The first-order valence-electron chi connectivity index (χ1n) is 10.9. The Morgan fingerprint density at radius 2 is 2.00 bits per heavy atom. The van der Waals surface area contributed by atoms with Gasteiger partial charge < -0.3 is 5.32 Å². The van der Waals surface area contributed by atoms with Gasteiger partial charge in [-0.1, -0.05) is 38.1 Å². The second kappa shape index (κ2) is 9.78. The number of piperidine rings is 1. The van der Waals surface area contributed by atoms with Gasteiger partial charge in [-0.3, -0.25) is 9.69 Å². The number of nitrogens with one attached hydrogen (secondary N) is 1. The minimum Gasteiger partial charge on any atom is -0.348 e. The van der Waals surface area contributed by atoms with Crippen LogP contribution in [0.25, 0.3) is 5.82 Å². The van der Waals surface area contributed by atoms with E-state index >= 15 is 0 Å². The number of rotatable bonds is 7. The monoisotopic (exact) mass is 419 g/mol. The number of carbonyl (C=O) groups excluding carboxylic acids is 1. The molecule has 4 rings (SSSR count). The molecule has 31 heavy (non-hydrogen) atoms. The van der Waals surface area contributed by atoms with Crippen molar-refractivity contribution in [3.63, 3.8) is 0 Å². The summed E-state index contributed by atoms with van der Waals surface area (Å²) >= 11 is 0. The molecule has 0 bridgehead atoms. The predicted octanol–water partition coefficient (Wildman–Crippen LogP) is 2.65. The second-order valence-electron chi connectivity index (χ2n) is 8.62. The maximum absolute atomic E-state index is 12.8. The van der Waals surface area contributed by atoms with Gasteiger partial charge >= 0.3 is 0 Å². The van der Waals surface area contributed by atoms with Crippen molar-refractivity contribution in [1.29, 1.82) is 0 Å². The van der Waals surface area contributed by atoms with Crippen molar-refractivity contribution in [3.05, 3.63) is 65.6 Å². The normalized spacial score (nSPS) is 17.1. The minimum absolute atomic E-state index is 0.0957. The SMILES string of the molecule is CC(C)Cc1ccc(CN2CCC[C@@H](NC(=O)c3ccnc(-n4cnnn4)c3)C2)cc1. The summed E-state index contributed by atoms with van der Waals surface area (Å²) in [6.07, 6.45) is 6.23. The van der Waals surface area contributed by atoms with Crippen LogP contribution in [0.15, 0.2) is 48.9 Å². The highest BCUT2D eigenvalue weighted by Crippen LogP contribution is 2.16. The van der Waals surface area contributed by atoms with Crippen LogP contribution in [0.2, 0.25) is 0 Å². The van der Waals surface area contributed by atoms with Gasteiger partial charge in [-0.25, -0.2) is 4.98 Å². The standard InChI is InChI=1S/C23H29N7O/c1-17(2)12-18-5-7-19(8-6-18)14-29-11-3-4-21(15-29)26-23(31)20-9-10-24-22(13-20)30-16-25-27-28-30/h5-10,13,16-17,21H,3-4,11-12,14-15H2,1-2H3,(H,26,31)/t21-/m1/s1. The van der Waals surface area contributed by atoms with Crippen molar-refractivity contribution < 1.29 is 4.79 Å². The molecule has 162 valence electrons. The molecule has 1 saturated heterocycles. The lowest BCUT2D eigenvalue weighted by atomic mass is 10.0. The lowest BCUT2D eigenvalue weighted by molar-refractivity contribution is 0.0900.